The standard InChI is InChI=1S/C16H13NO3/c1-11-6-14(4-3-13(11)8-17)18-9-12-2-5-15-16(7-12)20-10-19-15/h2-7H,9-10H2,1H3. The fourth-order valence-electron chi connectivity index (χ4n) is 2.05. The van der Waals surface area contributed by atoms with Crippen molar-refractivity contribution < 1.29 is 14.2 Å². The van der Waals surface area contributed by atoms with E-state index in [2.05, 4.69) is 6.07 Å². The van der Waals surface area contributed by atoms with E-state index in [9.17, 15) is 0 Å². The number of rotatable bonds is 3. The van der Waals surface area contributed by atoms with Gasteiger partial charge in [0.25, 0.3) is 0 Å². The SMILES string of the molecule is Cc1cc(OCc2ccc3c(c2)OCO3)ccc1C#N. The quantitative estimate of drug-likeness (QED) is 0.857. The maximum Gasteiger partial charge on any atom is 0.231 e. The molecule has 0 radical (unpaired) electrons. The Kier molecular flexibility index (Phi) is 3.18. The van der Waals surface area contributed by atoms with Crippen LogP contribution < -0.4 is 14.2 Å². The summed E-state index contributed by atoms with van der Waals surface area (Å²) in [5.74, 6) is 2.27. The third kappa shape index (κ3) is 2.39. The van der Waals surface area contributed by atoms with E-state index in [1.807, 2.05) is 31.2 Å². The van der Waals surface area contributed by atoms with Gasteiger partial charge in [-0.2, -0.15) is 5.26 Å². The molecule has 0 aliphatic carbocycles. The molecule has 2 aromatic rings. The maximum absolute atomic E-state index is 8.89. The van der Waals surface area contributed by atoms with Gasteiger partial charge in [0.15, 0.2) is 11.5 Å². The van der Waals surface area contributed by atoms with Gasteiger partial charge in [-0.05, 0) is 48.4 Å². The summed E-state index contributed by atoms with van der Waals surface area (Å²) < 4.78 is 16.3. The molecule has 1 heterocycles. The first-order valence-electron chi connectivity index (χ1n) is 6.28. The molecule has 4 heteroatoms. The van der Waals surface area contributed by atoms with Crippen LogP contribution >= 0.6 is 0 Å². The largest absolute Gasteiger partial charge is 0.489 e. The van der Waals surface area contributed by atoms with E-state index in [1.54, 1.807) is 12.1 Å². The summed E-state index contributed by atoms with van der Waals surface area (Å²) in [6, 6.07) is 13.3. The monoisotopic (exact) mass is 267 g/mol. The number of fused-ring (bicyclic) bond motifs is 1. The van der Waals surface area contributed by atoms with E-state index in [0.29, 0.717) is 12.2 Å². The van der Waals surface area contributed by atoms with Crippen LogP contribution in [0.3, 0.4) is 0 Å². The van der Waals surface area contributed by atoms with Crippen molar-refractivity contribution in [1.82, 2.24) is 0 Å². The molecule has 0 saturated carbocycles. The van der Waals surface area contributed by atoms with Crippen LogP contribution in [0.1, 0.15) is 16.7 Å². The van der Waals surface area contributed by atoms with E-state index in [-0.39, 0.29) is 6.79 Å². The average Bonchev–Trinajstić information content (AvgIpc) is 2.92. The van der Waals surface area contributed by atoms with Gasteiger partial charge in [-0.25, -0.2) is 0 Å². The summed E-state index contributed by atoms with van der Waals surface area (Å²) >= 11 is 0. The molecule has 0 spiro atoms. The summed E-state index contributed by atoms with van der Waals surface area (Å²) in [5.41, 5.74) is 2.59. The maximum atomic E-state index is 8.89. The molecular formula is C16H13NO3. The predicted molar refractivity (Wildman–Crippen MR) is 72.8 cm³/mol. The number of aryl methyl sites for hydroxylation is 1. The molecule has 0 aromatic heterocycles. The molecule has 0 unspecified atom stereocenters. The van der Waals surface area contributed by atoms with E-state index in [0.717, 1.165) is 28.4 Å². The Morgan fingerprint density at radius 2 is 2.00 bits per heavy atom. The number of hydrogen-bond acceptors (Lipinski definition) is 4. The lowest BCUT2D eigenvalue weighted by atomic mass is 10.1. The third-order valence-corrected chi connectivity index (χ3v) is 3.16. The van der Waals surface area contributed by atoms with Gasteiger partial charge >= 0.3 is 0 Å². The van der Waals surface area contributed by atoms with Crippen LogP contribution in [0.2, 0.25) is 0 Å². The number of hydrogen-bond donors (Lipinski definition) is 0. The van der Waals surface area contributed by atoms with E-state index >= 15 is 0 Å². The van der Waals surface area contributed by atoms with Crippen molar-refractivity contribution in [2.45, 2.75) is 13.5 Å². The molecule has 0 N–H and O–H groups in total. The smallest absolute Gasteiger partial charge is 0.231 e. The Balaban J connectivity index is 1.70. The fraction of sp³-hybridized carbons (Fsp3) is 0.188. The molecule has 0 saturated heterocycles. The van der Waals surface area contributed by atoms with Crippen molar-refractivity contribution in [3.8, 4) is 23.3 Å². The topological polar surface area (TPSA) is 51.5 Å². The molecule has 1 aliphatic rings. The van der Waals surface area contributed by atoms with Crippen LogP contribution in [0.15, 0.2) is 36.4 Å². The first-order valence-corrected chi connectivity index (χ1v) is 6.28. The molecule has 100 valence electrons. The van der Waals surface area contributed by atoms with Crippen molar-refractivity contribution in [1.29, 1.82) is 5.26 Å². The summed E-state index contributed by atoms with van der Waals surface area (Å²) in [6.45, 7) is 2.61. The predicted octanol–water partition coefficient (Wildman–Crippen LogP) is 3.17. The lowest BCUT2D eigenvalue weighted by Gasteiger charge is -2.08. The molecule has 20 heavy (non-hydrogen) atoms. The van der Waals surface area contributed by atoms with Crippen molar-refractivity contribution >= 4 is 0 Å². The van der Waals surface area contributed by atoms with Crippen molar-refractivity contribution in [2.24, 2.45) is 0 Å². The zero-order valence-corrected chi connectivity index (χ0v) is 11.1. The Morgan fingerprint density at radius 1 is 1.15 bits per heavy atom. The van der Waals surface area contributed by atoms with Crippen LogP contribution in [0.4, 0.5) is 0 Å². The van der Waals surface area contributed by atoms with Crippen molar-refractivity contribution in [3.63, 3.8) is 0 Å². The molecule has 2 aromatic carbocycles. The first kappa shape index (κ1) is 12.4. The van der Waals surface area contributed by atoms with Gasteiger partial charge in [0.05, 0.1) is 11.6 Å². The summed E-state index contributed by atoms with van der Waals surface area (Å²) in [7, 11) is 0. The van der Waals surface area contributed by atoms with Crippen LogP contribution in [-0.4, -0.2) is 6.79 Å². The summed E-state index contributed by atoms with van der Waals surface area (Å²) in [5, 5.41) is 8.89. The zero-order valence-electron chi connectivity index (χ0n) is 11.1. The minimum atomic E-state index is 0.272. The molecule has 0 fully saturated rings. The second-order valence-corrected chi connectivity index (χ2v) is 4.56. The van der Waals surface area contributed by atoms with Gasteiger partial charge in [0, 0.05) is 0 Å². The molecule has 0 amide bonds. The minimum absolute atomic E-state index is 0.272. The van der Waals surface area contributed by atoms with Gasteiger partial charge in [-0.3, -0.25) is 0 Å². The van der Waals surface area contributed by atoms with Crippen molar-refractivity contribution in [3.05, 3.63) is 53.1 Å². The van der Waals surface area contributed by atoms with Gasteiger partial charge in [-0.1, -0.05) is 6.07 Å². The van der Waals surface area contributed by atoms with Crippen LogP contribution in [-0.2, 0) is 6.61 Å². The second kappa shape index (κ2) is 5.14. The number of ether oxygens (including phenoxy) is 3. The highest BCUT2D eigenvalue weighted by molar-refractivity contribution is 5.45. The van der Waals surface area contributed by atoms with E-state index in [1.165, 1.54) is 0 Å². The Hall–Kier alpha value is -2.67. The van der Waals surface area contributed by atoms with Crippen LogP contribution in [0.25, 0.3) is 0 Å². The summed E-state index contributed by atoms with van der Waals surface area (Å²) in [4.78, 5) is 0. The molecular weight excluding hydrogens is 254 g/mol. The molecule has 3 rings (SSSR count). The lowest BCUT2D eigenvalue weighted by molar-refractivity contribution is 0.174. The van der Waals surface area contributed by atoms with Gasteiger partial charge < -0.3 is 14.2 Å². The second-order valence-electron chi connectivity index (χ2n) is 4.56. The number of nitriles is 1. The van der Waals surface area contributed by atoms with Crippen LogP contribution in [0, 0.1) is 18.3 Å². The highest BCUT2D eigenvalue weighted by Crippen LogP contribution is 2.32. The van der Waals surface area contributed by atoms with E-state index < -0.39 is 0 Å². The van der Waals surface area contributed by atoms with Gasteiger partial charge in [0.1, 0.15) is 12.4 Å². The first-order chi connectivity index (χ1) is 9.76. The van der Waals surface area contributed by atoms with Crippen LogP contribution in [0.5, 0.6) is 17.2 Å². The number of nitrogens with zero attached hydrogens (tertiary/aromatic N) is 1. The highest BCUT2D eigenvalue weighted by Gasteiger charge is 2.13. The van der Waals surface area contributed by atoms with Crippen molar-refractivity contribution in [2.75, 3.05) is 6.79 Å². The molecule has 0 bridgehead atoms. The lowest BCUT2D eigenvalue weighted by Crippen LogP contribution is -1.96. The normalized spacial score (nSPS) is 12.0. The third-order valence-electron chi connectivity index (χ3n) is 3.16. The molecule has 0 atom stereocenters. The Bertz CT molecular complexity index is 678. The zero-order chi connectivity index (χ0) is 13.9. The molecule has 1 aliphatic heterocycles. The van der Waals surface area contributed by atoms with Gasteiger partial charge in [0.2, 0.25) is 6.79 Å². The Morgan fingerprint density at radius 3 is 2.80 bits per heavy atom. The van der Waals surface area contributed by atoms with Gasteiger partial charge in [-0.15, -0.1) is 0 Å². The summed E-state index contributed by atoms with van der Waals surface area (Å²) in [6.07, 6.45) is 0. The fourth-order valence-corrected chi connectivity index (χ4v) is 2.05. The minimum Gasteiger partial charge on any atom is -0.489 e. The average molecular weight is 267 g/mol. The Labute approximate surface area is 117 Å². The highest BCUT2D eigenvalue weighted by atomic mass is 16.7. The molecule has 4 nitrogen and oxygen atoms in total. The number of benzene rings is 2. The van der Waals surface area contributed by atoms with E-state index in [4.69, 9.17) is 19.5 Å².